The van der Waals surface area contributed by atoms with E-state index in [0.717, 1.165) is 0 Å². The molecule has 0 saturated carbocycles. The molecular formula is C7H12O4S. The summed E-state index contributed by atoms with van der Waals surface area (Å²) in [6, 6.07) is 0. The lowest BCUT2D eigenvalue weighted by molar-refractivity contribution is -0.114. The van der Waals surface area contributed by atoms with E-state index in [1.165, 1.54) is 6.08 Å². The van der Waals surface area contributed by atoms with E-state index >= 15 is 0 Å². The standard InChI is InChI=1S/C7H12O4S/c1-2-4-7(8)5-3-6-12(9,10)11/h2,4H,3,5-6H2,1H3,(H,9,10,11). The molecule has 1 N–H and O–H groups in total. The highest BCUT2D eigenvalue weighted by Gasteiger charge is 2.05. The zero-order valence-corrected chi connectivity index (χ0v) is 7.67. The predicted octanol–water partition coefficient (Wildman–Crippen LogP) is 0.800. The van der Waals surface area contributed by atoms with Crippen LogP contribution in [0.4, 0.5) is 0 Å². The molecule has 4 nitrogen and oxygen atoms in total. The minimum atomic E-state index is -3.91. The molecule has 0 aliphatic heterocycles. The molecule has 12 heavy (non-hydrogen) atoms. The summed E-state index contributed by atoms with van der Waals surface area (Å²) in [6.07, 6.45) is 3.30. The van der Waals surface area contributed by atoms with Crippen molar-refractivity contribution in [2.45, 2.75) is 19.8 Å². The molecule has 0 bridgehead atoms. The fourth-order valence-electron chi connectivity index (χ4n) is 0.698. The first-order chi connectivity index (χ1) is 5.45. The minimum Gasteiger partial charge on any atom is -0.295 e. The fourth-order valence-corrected chi connectivity index (χ4v) is 1.21. The predicted molar refractivity (Wildman–Crippen MR) is 45.5 cm³/mol. The van der Waals surface area contributed by atoms with Crippen LogP contribution in [0.25, 0.3) is 0 Å². The summed E-state index contributed by atoms with van der Waals surface area (Å²) in [5.74, 6) is -0.475. The largest absolute Gasteiger partial charge is 0.295 e. The molecule has 0 spiro atoms. The zero-order chi connectivity index (χ0) is 9.61. The van der Waals surface area contributed by atoms with E-state index in [2.05, 4.69) is 0 Å². The van der Waals surface area contributed by atoms with Crippen LogP contribution in [0.3, 0.4) is 0 Å². The summed E-state index contributed by atoms with van der Waals surface area (Å²) in [6.45, 7) is 1.71. The van der Waals surface area contributed by atoms with Crippen molar-refractivity contribution in [3.8, 4) is 0 Å². The lowest BCUT2D eigenvalue weighted by Gasteiger charge is -1.94. The third-order valence-corrected chi connectivity index (χ3v) is 1.98. The summed E-state index contributed by atoms with van der Waals surface area (Å²) < 4.78 is 28.7. The summed E-state index contributed by atoms with van der Waals surface area (Å²) >= 11 is 0. The highest BCUT2D eigenvalue weighted by atomic mass is 32.2. The van der Waals surface area contributed by atoms with Crippen LogP contribution in [0.1, 0.15) is 19.8 Å². The van der Waals surface area contributed by atoms with Crippen molar-refractivity contribution in [1.29, 1.82) is 0 Å². The summed E-state index contributed by atoms with van der Waals surface area (Å²) in [7, 11) is -3.91. The maximum atomic E-state index is 10.8. The molecule has 0 aromatic carbocycles. The molecule has 5 heteroatoms. The molecule has 70 valence electrons. The van der Waals surface area contributed by atoms with Gasteiger partial charge in [-0.15, -0.1) is 0 Å². The molecule has 0 saturated heterocycles. The van der Waals surface area contributed by atoms with Gasteiger partial charge in [-0.05, 0) is 19.4 Å². The Balaban J connectivity index is 3.65. The number of rotatable bonds is 5. The smallest absolute Gasteiger partial charge is 0.264 e. The van der Waals surface area contributed by atoms with Gasteiger partial charge in [0.25, 0.3) is 10.1 Å². The van der Waals surface area contributed by atoms with Crippen LogP contribution in [0, 0.1) is 0 Å². The number of ketones is 1. The van der Waals surface area contributed by atoms with E-state index in [0.29, 0.717) is 0 Å². The molecule has 0 atom stereocenters. The highest BCUT2D eigenvalue weighted by molar-refractivity contribution is 7.85. The lowest BCUT2D eigenvalue weighted by Crippen LogP contribution is -2.05. The molecule has 0 radical (unpaired) electrons. The van der Waals surface area contributed by atoms with E-state index in [1.54, 1.807) is 13.0 Å². The zero-order valence-electron chi connectivity index (χ0n) is 6.86. The molecule has 0 amide bonds. The third kappa shape index (κ3) is 7.43. The Morgan fingerprint density at radius 3 is 2.50 bits per heavy atom. The van der Waals surface area contributed by atoms with Crippen LogP contribution in [-0.4, -0.2) is 24.5 Å². The van der Waals surface area contributed by atoms with Crippen molar-refractivity contribution >= 4 is 15.9 Å². The Labute approximate surface area is 72.0 Å². The van der Waals surface area contributed by atoms with Gasteiger partial charge in [0.1, 0.15) is 0 Å². The second-order valence-corrected chi connectivity index (χ2v) is 3.93. The quantitative estimate of drug-likeness (QED) is 0.516. The van der Waals surface area contributed by atoms with Crippen molar-refractivity contribution in [2.75, 3.05) is 5.75 Å². The fraction of sp³-hybridized carbons (Fsp3) is 0.571. The summed E-state index contributed by atoms with van der Waals surface area (Å²) in [5.41, 5.74) is 0. The van der Waals surface area contributed by atoms with Gasteiger partial charge in [-0.3, -0.25) is 9.35 Å². The van der Waals surface area contributed by atoms with Crippen molar-refractivity contribution < 1.29 is 17.8 Å². The monoisotopic (exact) mass is 192 g/mol. The van der Waals surface area contributed by atoms with Gasteiger partial charge in [-0.2, -0.15) is 8.42 Å². The molecular weight excluding hydrogens is 180 g/mol. The van der Waals surface area contributed by atoms with Crippen LogP contribution >= 0.6 is 0 Å². The van der Waals surface area contributed by atoms with Crippen LogP contribution in [0.5, 0.6) is 0 Å². The number of carbonyl (C=O) groups is 1. The van der Waals surface area contributed by atoms with Crippen LogP contribution in [-0.2, 0) is 14.9 Å². The second-order valence-electron chi connectivity index (χ2n) is 2.36. The number of hydrogen-bond acceptors (Lipinski definition) is 3. The van der Waals surface area contributed by atoms with Crippen LogP contribution in [0.2, 0.25) is 0 Å². The van der Waals surface area contributed by atoms with E-state index in [9.17, 15) is 13.2 Å². The topological polar surface area (TPSA) is 71.4 Å². The van der Waals surface area contributed by atoms with Gasteiger partial charge in [-0.25, -0.2) is 0 Å². The Kier molecular flexibility index (Phi) is 4.77. The van der Waals surface area contributed by atoms with Gasteiger partial charge < -0.3 is 0 Å². The van der Waals surface area contributed by atoms with Gasteiger partial charge in [0.15, 0.2) is 5.78 Å². The Morgan fingerprint density at radius 1 is 1.50 bits per heavy atom. The molecule has 0 fully saturated rings. The average molecular weight is 192 g/mol. The van der Waals surface area contributed by atoms with E-state index < -0.39 is 10.1 Å². The molecule has 0 rings (SSSR count). The van der Waals surface area contributed by atoms with Crippen molar-refractivity contribution in [1.82, 2.24) is 0 Å². The maximum absolute atomic E-state index is 10.8. The number of hydrogen-bond donors (Lipinski definition) is 1. The van der Waals surface area contributed by atoms with Gasteiger partial charge in [0, 0.05) is 6.42 Å². The SMILES string of the molecule is CC=CC(=O)CCCS(=O)(=O)O. The number of carbonyl (C=O) groups excluding carboxylic acids is 1. The Hall–Kier alpha value is -0.680. The normalized spacial score (nSPS) is 12.2. The minimum absolute atomic E-state index is 0.124. The maximum Gasteiger partial charge on any atom is 0.264 e. The molecule has 0 aliphatic carbocycles. The van der Waals surface area contributed by atoms with Crippen molar-refractivity contribution in [2.24, 2.45) is 0 Å². The summed E-state index contributed by atoms with van der Waals surface area (Å²) in [5, 5.41) is 0. The highest BCUT2D eigenvalue weighted by Crippen LogP contribution is 1.96. The van der Waals surface area contributed by atoms with E-state index in [1.807, 2.05) is 0 Å². The van der Waals surface area contributed by atoms with Crippen LogP contribution in [0.15, 0.2) is 12.2 Å². The van der Waals surface area contributed by atoms with E-state index in [-0.39, 0.29) is 24.4 Å². The Morgan fingerprint density at radius 2 is 2.08 bits per heavy atom. The van der Waals surface area contributed by atoms with Gasteiger partial charge in [0.05, 0.1) is 5.75 Å². The third-order valence-electron chi connectivity index (χ3n) is 1.18. The van der Waals surface area contributed by atoms with Gasteiger partial charge in [0.2, 0.25) is 0 Å². The first-order valence-electron chi connectivity index (χ1n) is 3.56. The molecule has 0 unspecified atom stereocenters. The van der Waals surface area contributed by atoms with Crippen molar-refractivity contribution in [3.63, 3.8) is 0 Å². The number of allylic oxidation sites excluding steroid dienone is 2. The lowest BCUT2D eigenvalue weighted by atomic mass is 10.2. The average Bonchev–Trinajstić information content (AvgIpc) is 1.84. The van der Waals surface area contributed by atoms with Gasteiger partial charge >= 0.3 is 0 Å². The molecule has 0 aromatic rings. The molecule has 0 heterocycles. The Bertz CT molecular complexity index is 263. The molecule has 0 aromatic heterocycles. The summed E-state index contributed by atoms with van der Waals surface area (Å²) in [4.78, 5) is 10.8. The van der Waals surface area contributed by atoms with Crippen molar-refractivity contribution in [3.05, 3.63) is 12.2 Å². The first-order valence-corrected chi connectivity index (χ1v) is 5.17. The van der Waals surface area contributed by atoms with E-state index in [4.69, 9.17) is 4.55 Å². The second kappa shape index (κ2) is 5.05. The first kappa shape index (κ1) is 11.3. The van der Waals surface area contributed by atoms with Gasteiger partial charge in [-0.1, -0.05) is 6.08 Å². The molecule has 0 aliphatic rings. The van der Waals surface area contributed by atoms with Crippen LogP contribution < -0.4 is 0 Å².